The van der Waals surface area contributed by atoms with Crippen LogP contribution in [0.15, 0.2) is 0 Å². The molecule has 1 aliphatic rings. The summed E-state index contributed by atoms with van der Waals surface area (Å²) in [5.41, 5.74) is 0. The van der Waals surface area contributed by atoms with Crippen molar-refractivity contribution in [3.8, 4) is 0 Å². The Morgan fingerprint density at radius 1 is 0.344 bits per heavy atom. The number of esters is 1. The number of unbranched alkanes of at least 4 members (excludes halogenated alkanes) is 26. The van der Waals surface area contributed by atoms with E-state index in [0.29, 0.717) is 52.3 Å². The summed E-state index contributed by atoms with van der Waals surface area (Å²) >= 11 is 0. The average Bonchev–Trinajstić information content (AvgIpc) is 3.30. The first-order valence-corrected chi connectivity index (χ1v) is 28.3. The van der Waals surface area contributed by atoms with Crippen molar-refractivity contribution in [2.75, 3.05) is 91.7 Å². The van der Waals surface area contributed by atoms with Crippen molar-refractivity contribution in [2.24, 2.45) is 0 Å². The summed E-state index contributed by atoms with van der Waals surface area (Å²) in [4.78, 5) is 51.4. The molecule has 2 amide bonds. The lowest BCUT2D eigenvalue weighted by molar-refractivity contribution is -0.144. The largest absolute Gasteiger partial charge is 0.466 e. The summed E-state index contributed by atoms with van der Waals surface area (Å²) in [6.07, 6.45) is 40.8. The SMILES string of the molecule is CCCCCCCCCN(CCCCCCCCC)CCN(CCCCCCCCC)CC(=O)N1CCN(C(=O)CN(CCCCCCCCC)CCCOC(=O)CCCCC)CC1. The van der Waals surface area contributed by atoms with Crippen LogP contribution >= 0.6 is 0 Å². The monoisotopic (exact) mass is 904 g/mol. The van der Waals surface area contributed by atoms with Crippen LogP contribution in [0.25, 0.3) is 0 Å². The Morgan fingerprint density at radius 2 is 0.625 bits per heavy atom. The van der Waals surface area contributed by atoms with Crippen LogP contribution in [-0.2, 0) is 19.1 Å². The molecule has 64 heavy (non-hydrogen) atoms. The van der Waals surface area contributed by atoms with E-state index in [9.17, 15) is 14.4 Å². The maximum atomic E-state index is 14.0. The molecule has 0 aromatic rings. The van der Waals surface area contributed by atoms with Gasteiger partial charge in [0.1, 0.15) is 0 Å². The molecule has 1 rings (SSSR count). The Balaban J connectivity index is 2.79. The zero-order valence-corrected chi connectivity index (χ0v) is 43.6. The van der Waals surface area contributed by atoms with Gasteiger partial charge in [-0.25, -0.2) is 0 Å². The molecule has 0 radical (unpaired) electrons. The lowest BCUT2D eigenvalue weighted by atomic mass is 10.1. The Morgan fingerprint density at radius 3 is 1.00 bits per heavy atom. The van der Waals surface area contributed by atoms with Crippen LogP contribution in [-0.4, -0.2) is 134 Å². The van der Waals surface area contributed by atoms with Gasteiger partial charge in [-0.3, -0.25) is 24.2 Å². The van der Waals surface area contributed by atoms with Gasteiger partial charge in [0.25, 0.3) is 0 Å². The maximum absolute atomic E-state index is 14.0. The second kappa shape index (κ2) is 45.1. The molecule has 0 aromatic heterocycles. The fraction of sp³-hybridized carbons (Fsp3) is 0.945. The van der Waals surface area contributed by atoms with E-state index < -0.39 is 0 Å². The standard InChI is InChI=1S/C55H109N5O4/c1-6-11-16-20-24-28-33-39-56(40-34-29-25-21-17-12-7-2)44-45-58(42-36-31-27-23-19-14-9-4)52-54(62)60-48-46-59(47-49-60)53(61)51-57(41-35-30-26-22-18-13-8-3)43-37-50-64-55(63)38-32-15-10-5/h6-52H2,1-5H3. The van der Waals surface area contributed by atoms with Gasteiger partial charge in [0.2, 0.25) is 11.8 Å². The number of hydrogen-bond acceptors (Lipinski definition) is 7. The number of amides is 2. The average molecular weight is 905 g/mol. The molecule has 0 atom stereocenters. The predicted molar refractivity (Wildman–Crippen MR) is 274 cm³/mol. The van der Waals surface area contributed by atoms with Crippen LogP contribution in [0.4, 0.5) is 0 Å². The molecule has 9 heteroatoms. The minimum absolute atomic E-state index is 0.101. The molecule has 1 saturated heterocycles. The summed E-state index contributed by atoms with van der Waals surface area (Å²) in [5.74, 6) is 0.288. The van der Waals surface area contributed by atoms with Gasteiger partial charge in [0.15, 0.2) is 0 Å². The van der Waals surface area contributed by atoms with Crippen LogP contribution in [0.2, 0.25) is 0 Å². The van der Waals surface area contributed by atoms with Gasteiger partial charge in [-0.15, -0.1) is 0 Å². The van der Waals surface area contributed by atoms with Gasteiger partial charge in [-0.2, -0.15) is 0 Å². The first kappa shape index (κ1) is 60.3. The molecule has 1 heterocycles. The summed E-state index contributed by atoms with van der Waals surface area (Å²) in [5, 5.41) is 0. The zero-order chi connectivity index (χ0) is 46.6. The van der Waals surface area contributed by atoms with Crippen LogP contribution in [0.1, 0.15) is 247 Å². The highest BCUT2D eigenvalue weighted by atomic mass is 16.5. The van der Waals surface area contributed by atoms with Crippen molar-refractivity contribution >= 4 is 17.8 Å². The van der Waals surface area contributed by atoms with Crippen molar-refractivity contribution in [2.45, 2.75) is 247 Å². The molecule has 1 aliphatic heterocycles. The molecule has 0 aliphatic carbocycles. The fourth-order valence-corrected chi connectivity index (χ4v) is 9.18. The first-order chi connectivity index (χ1) is 31.4. The van der Waals surface area contributed by atoms with Gasteiger partial charge in [-0.1, -0.05) is 202 Å². The third-order valence-corrected chi connectivity index (χ3v) is 13.6. The third-order valence-electron chi connectivity index (χ3n) is 13.6. The Hall–Kier alpha value is -1.71. The number of nitrogens with zero attached hydrogens (tertiary/aromatic N) is 5. The van der Waals surface area contributed by atoms with Gasteiger partial charge in [0, 0.05) is 52.2 Å². The summed E-state index contributed by atoms with van der Waals surface area (Å²) in [6.45, 7) is 22.0. The molecule has 0 spiro atoms. The van der Waals surface area contributed by atoms with E-state index in [0.717, 1.165) is 71.2 Å². The fourth-order valence-electron chi connectivity index (χ4n) is 9.18. The zero-order valence-electron chi connectivity index (χ0n) is 43.6. The van der Waals surface area contributed by atoms with Gasteiger partial charge < -0.3 is 19.4 Å². The molecule has 1 fully saturated rings. The number of ether oxygens (including phenoxy) is 1. The van der Waals surface area contributed by atoms with Crippen molar-refractivity contribution in [1.29, 1.82) is 0 Å². The van der Waals surface area contributed by atoms with E-state index in [1.54, 1.807) is 0 Å². The lowest BCUT2D eigenvalue weighted by Crippen LogP contribution is -2.54. The molecule has 0 bridgehead atoms. The van der Waals surface area contributed by atoms with Crippen LogP contribution in [0, 0.1) is 0 Å². The topological polar surface area (TPSA) is 76.6 Å². The second-order valence-electron chi connectivity index (χ2n) is 19.7. The molecular weight excluding hydrogens is 795 g/mol. The van der Waals surface area contributed by atoms with E-state index in [2.05, 4.69) is 49.3 Å². The molecule has 0 aromatic carbocycles. The van der Waals surface area contributed by atoms with Crippen molar-refractivity contribution in [1.82, 2.24) is 24.5 Å². The Bertz CT molecular complexity index is 1040. The van der Waals surface area contributed by atoms with Crippen molar-refractivity contribution < 1.29 is 19.1 Å². The number of hydrogen-bond donors (Lipinski definition) is 0. The number of carbonyl (C=O) groups is 3. The van der Waals surface area contributed by atoms with Crippen LogP contribution < -0.4 is 0 Å². The van der Waals surface area contributed by atoms with E-state index in [-0.39, 0.29) is 17.8 Å². The Labute approximate surface area is 398 Å². The quantitative estimate of drug-likeness (QED) is 0.0445. The lowest BCUT2D eigenvalue weighted by Gasteiger charge is -2.37. The van der Waals surface area contributed by atoms with Gasteiger partial charge >= 0.3 is 5.97 Å². The number of piperazine rings is 1. The van der Waals surface area contributed by atoms with Crippen LogP contribution in [0.3, 0.4) is 0 Å². The highest BCUT2D eigenvalue weighted by Gasteiger charge is 2.26. The number of carbonyl (C=O) groups excluding carboxylic acids is 3. The molecule has 9 nitrogen and oxygen atoms in total. The van der Waals surface area contributed by atoms with E-state index in [1.165, 1.54) is 180 Å². The predicted octanol–water partition coefficient (Wildman–Crippen LogP) is 13.1. The summed E-state index contributed by atoms with van der Waals surface area (Å²) in [7, 11) is 0. The maximum Gasteiger partial charge on any atom is 0.305 e. The second-order valence-corrected chi connectivity index (χ2v) is 19.7. The minimum Gasteiger partial charge on any atom is -0.466 e. The first-order valence-electron chi connectivity index (χ1n) is 28.3. The van der Waals surface area contributed by atoms with E-state index in [1.807, 2.05) is 9.80 Å². The summed E-state index contributed by atoms with van der Waals surface area (Å²) < 4.78 is 5.54. The molecular formula is C55H109N5O4. The van der Waals surface area contributed by atoms with Gasteiger partial charge in [0.05, 0.1) is 19.7 Å². The van der Waals surface area contributed by atoms with Crippen LogP contribution in [0.5, 0.6) is 0 Å². The third kappa shape index (κ3) is 35.5. The molecule has 378 valence electrons. The smallest absolute Gasteiger partial charge is 0.305 e. The number of rotatable bonds is 47. The van der Waals surface area contributed by atoms with Crippen molar-refractivity contribution in [3.05, 3.63) is 0 Å². The highest BCUT2D eigenvalue weighted by molar-refractivity contribution is 5.80. The Kier molecular flexibility index (Phi) is 42.5. The minimum atomic E-state index is -0.101. The van der Waals surface area contributed by atoms with E-state index in [4.69, 9.17) is 4.74 Å². The van der Waals surface area contributed by atoms with Crippen molar-refractivity contribution in [3.63, 3.8) is 0 Å². The molecule has 0 unspecified atom stereocenters. The molecule has 0 saturated carbocycles. The normalized spacial score (nSPS) is 13.2. The molecule has 0 N–H and O–H groups in total. The summed E-state index contributed by atoms with van der Waals surface area (Å²) in [6, 6.07) is 0. The highest BCUT2D eigenvalue weighted by Crippen LogP contribution is 2.14. The van der Waals surface area contributed by atoms with E-state index >= 15 is 0 Å². The van der Waals surface area contributed by atoms with Gasteiger partial charge in [-0.05, 0) is 64.7 Å².